The summed E-state index contributed by atoms with van der Waals surface area (Å²) in [6.45, 7) is 0.144. The van der Waals surface area contributed by atoms with E-state index in [1.54, 1.807) is 0 Å². The molecule has 1 aromatic carbocycles. The van der Waals surface area contributed by atoms with Gasteiger partial charge in [-0.3, -0.25) is 4.99 Å². The summed E-state index contributed by atoms with van der Waals surface area (Å²) < 4.78 is 51.3. The molecule has 0 aliphatic heterocycles. The maximum Gasteiger partial charge on any atom is 0.248 e. The quantitative estimate of drug-likeness (QED) is 0.506. The predicted octanol–water partition coefficient (Wildman–Crippen LogP) is 2.74. The second-order valence-corrected chi connectivity index (χ2v) is 4.61. The number of nitrogens with one attached hydrogen (secondary N) is 1. The van der Waals surface area contributed by atoms with Crippen LogP contribution in [0.1, 0.15) is 12.8 Å². The molecule has 7 heteroatoms. The zero-order valence-electron chi connectivity index (χ0n) is 9.97. The average Bonchev–Trinajstić information content (AvgIpc) is 2.28. The van der Waals surface area contributed by atoms with Crippen LogP contribution in [0.4, 0.5) is 23.2 Å². The van der Waals surface area contributed by atoms with Gasteiger partial charge in [0.2, 0.25) is 5.92 Å². The summed E-state index contributed by atoms with van der Waals surface area (Å²) in [5.41, 5.74) is 5.34. The summed E-state index contributed by atoms with van der Waals surface area (Å²) in [7, 11) is 0. The van der Waals surface area contributed by atoms with Crippen molar-refractivity contribution in [1.29, 1.82) is 0 Å². The number of hydrogen-bond donors (Lipinski definition) is 2. The molecule has 1 aliphatic rings. The first-order valence-electron chi connectivity index (χ1n) is 5.75. The lowest BCUT2D eigenvalue weighted by Crippen LogP contribution is -2.37. The lowest BCUT2D eigenvalue weighted by Gasteiger charge is -2.33. The second-order valence-electron chi connectivity index (χ2n) is 4.61. The maximum atomic E-state index is 13.3. The van der Waals surface area contributed by atoms with E-state index in [1.807, 2.05) is 0 Å². The molecule has 0 unspecified atom stereocenters. The van der Waals surface area contributed by atoms with Crippen LogP contribution in [-0.4, -0.2) is 18.4 Å². The molecule has 0 spiro atoms. The van der Waals surface area contributed by atoms with Gasteiger partial charge in [-0.05, 0) is 18.1 Å². The van der Waals surface area contributed by atoms with Gasteiger partial charge in [-0.2, -0.15) is 0 Å². The third-order valence-corrected chi connectivity index (χ3v) is 2.89. The average molecular weight is 275 g/mol. The van der Waals surface area contributed by atoms with Crippen molar-refractivity contribution in [2.45, 2.75) is 18.8 Å². The minimum absolute atomic E-state index is 0.125. The van der Waals surface area contributed by atoms with Gasteiger partial charge in [0.15, 0.2) is 5.96 Å². The number of halogens is 4. The number of hydrogen-bond acceptors (Lipinski definition) is 1. The maximum absolute atomic E-state index is 13.3. The van der Waals surface area contributed by atoms with E-state index in [-0.39, 0.29) is 37.0 Å². The van der Waals surface area contributed by atoms with E-state index < -0.39 is 17.6 Å². The molecule has 1 aliphatic carbocycles. The molecular formula is C12H13F4N3. The summed E-state index contributed by atoms with van der Waals surface area (Å²) >= 11 is 0. The van der Waals surface area contributed by atoms with Gasteiger partial charge in [0, 0.05) is 25.5 Å². The number of guanidine groups is 1. The molecule has 1 saturated carbocycles. The molecule has 0 bridgehead atoms. The van der Waals surface area contributed by atoms with Crippen molar-refractivity contribution in [3.63, 3.8) is 0 Å². The highest BCUT2D eigenvalue weighted by Gasteiger charge is 2.44. The van der Waals surface area contributed by atoms with Crippen LogP contribution >= 0.6 is 0 Å². The summed E-state index contributed by atoms with van der Waals surface area (Å²) in [6.07, 6.45) is -0.420. The van der Waals surface area contributed by atoms with Crippen LogP contribution in [0.5, 0.6) is 0 Å². The van der Waals surface area contributed by atoms with E-state index in [2.05, 4.69) is 10.3 Å². The van der Waals surface area contributed by atoms with Crippen LogP contribution in [0.15, 0.2) is 23.2 Å². The van der Waals surface area contributed by atoms with Crippen LogP contribution in [0.3, 0.4) is 0 Å². The van der Waals surface area contributed by atoms with Gasteiger partial charge in [0.1, 0.15) is 11.6 Å². The van der Waals surface area contributed by atoms with E-state index in [1.165, 1.54) is 0 Å². The minimum Gasteiger partial charge on any atom is -0.370 e. The fraction of sp³-hybridized carbons (Fsp3) is 0.417. The van der Waals surface area contributed by atoms with Crippen molar-refractivity contribution in [3.8, 4) is 0 Å². The van der Waals surface area contributed by atoms with Crippen LogP contribution in [0.25, 0.3) is 0 Å². The number of benzene rings is 1. The Morgan fingerprint density at radius 1 is 1.37 bits per heavy atom. The second kappa shape index (κ2) is 5.07. The smallest absolute Gasteiger partial charge is 0.248 e. The van der Waals surface area contributed by atoms with Crippen molar-refractivity contribution in [2.75, 3.05) is 11.9 Å². The summed E-state index contributed by atoms with van der Waals surface area (Å²) in [5, 5.41) is 2.40. The molecule has 104 valence electrons. The first-order chi connectivity index (χ1) is 8.85. The number of nitrogens with zero attached hydrogens (tertiary/aromatic N) is 1. The fourth-order valence-electron chi connectivity index (χ4n) is 1.91. The first-order valence-corrected chi connectivity index (χ1v) is 5.75. The van der Waals surface area contributed by atoms with Crippen molar-refractivity contribution < 1.29 is 17.6 Å². The molecule has 1 aromatic rings. The van der Waals surface area contributed by atoms with Gasteiger partial charge >= 0.3 is 0 Å². The Hall–Kier alpha value is -1.79. The lowest BCUT2D eigenvalue weighted by atomic mass is 9.81. The van der Waals surface area contributed by atoms with Crippen LogP contribution < -0.4 is 11.1 Å². The molecule has 0 atom stereocenters. The topological polar surface area (TPSA) is 50.4 Å². The van der Waals surface area contributed by atoms with E-state index >= 15 is 0 Å². The van der Waals surface area contributed by atoms with Gasteiger partial charge in [-0.25, -0.2) is 17.6 Å². The van der Waals surface area contributed by atoms with E-state index in [0.29, 0.717) is 0 Å². The minimum atomic E-state index is -2.60. The molecule has 0 aromatic heterocycles. The molecule has 0 radical (unpaired) electrons. The van der Waals surface area contributed by atoms with Crippen LogP contribution in [0, 0.1) is 17.6 Å². The Morgan fingerprint density at radius 3 is 2.68 bits per heavy atom. The molecule has 3 N–H and O–H groups in total. The molecule has 0 amide bonds. The van der Waals surface area contributed by atoms with Crippen molar-refractivity contribution in [1.82, 2.24) is 0 Å². The van der Waals surface area contributed by atoms with Gasteiger partial charge < -0.3 is 11.1 Å². The molecule has 0 saturated heterocycles. The Kier molecular flexibility index (Phi) is 3.64. The SMILES string of the molecule is NC(=NCC1CC(F)(F)C1)Nc1cc(F)ccc1F. The Morgan fingerprint density at radius 2 is 2.05 bits per heavy atom. The highest BCUT2D eigenvalue weighted by Crippen LogP contribution is 2.42. The van der Waals surface area contributed by atoms with Gasteiger partial charge in [0.25, 0.3) is 0 Å². The zero-order valence-corrected chi connectivity index (χ0v) is 9.97. The van der Waals surface area contributed by atoms with E-state index in [9.17, 15) is 17.6 Å². The molecule has 1 fully saturated rings. The monoisotopic (exact) mass is 275 g/mol. The Balaban J connectivity index is 1.90. The first kappa shape index (κ1) is 13.6. The summed E-state index contributed by atoms with van der Waals surface area (Å²) in [4.78, 5) is 3.84. The van der Waals surface area contributed by atoms with E-state index in [4.69, 9.17) is 5.73 Å². The van der Waals surface area contributed by atoms with Gasteiger partial charge in [-0.1, -0.05) is 0 Å². The molecule has 0 heterocycles. The fourth-order valence-corrected chi connectivity index (χ4v) is 1.91. The summed E-state index contributed by atoms with van der Waals surface area (Å²) in [6, 6.07) is 2.87. The number of alkyl halides is 2. The third kappa shape index (κ3) is 3.59. The number of rotatable bonds is 3. The predicted molar refractivity (Wildman–Crippen MR) is 64.1 cm³/mol. The lowest BCUT2D eigenvalue weighted by molar-refractivity contribution is -0.107. The zero-order chi connectivity index (χ0) is 14.0. The highest BCUT2D eigenvalue weighted by atomic mass is 19.3. The number of nitrogens with two attached hydrogens (primary N) is 1. The normalized spacial score (nSPS) is 19.1. The highest BCUT2D eigenvalue weighted by molar-refractivity contribution is 5.92. The Labute approximate surface area is 107 Å². The van der Waals surface area contributed by atoms with Crippen LogP contribution in [-0.2, 0) is 0 Å². The van der Waals surface area contributed by atoms with Crippen LogP contribution in [0.2, 0.25) is 0 Å². The molecule has 19 heavy (non-hydrogen) atoms. The molecular weight excluding hydrogens is 262 g/mol. The number of anilines is 1. The third-order valence-electron chi connectivity index (χ3n) is 2.89. The molecule has 3 nitrogen and oxygen atoms in total. The van der Waals surface area contributed by atoms with Crippen molar-refractivity contribution in [3.05, 3.63) is 29.8 Å². The number of aliphatic imine (C=N–C) groups is 1. The summed E-state index contributed by atoms with van der Waals surface area (Å²) in [5.74, 6) is -4.23. The van der Waals surface area contributed by atoms with Gasteiger partial charge in [-0.15, -0.1) is 0 Å². The molecule has 2 rings (SSSR count). The van der Waals surface area contributed by atoms with Crippen molar-refractivity contribution in [2.24, 2.45) is 16.6 Å². The Bertz CT molecular complexity index is 494. The van der Waals surface area contributed by atoms with Gasteiger partial charge in [0.05, 0.1) is 5.69 Å². The van der Waals surface area contributed by atoms with E-state index in [0.717, 1.165) is 18.2 Å². The van der Waals surface area contributed by atoms with Crippen molar-refractivity contribution >= 4 is 11.6 Å². The largest absolute Gasteiger partial charge is 0.370 e. The standard InChI is InChI=1S/C12H13F4N3/c13-8-1-2-9(14)10(3-8)19-11(17)18-6-7-4-12(15,16)5-7/h1-3,7H,4-6H2,(H3,17,18,19).